The molecule has 0 aliphatic heterocycles. The van der Waals surface area contributed by atoms with E-state index in [2.05, 4.69) is 4.72 Å². The number of sulfonamides is 2. The Morgan fingerprint density at radius 1 is 1.17 bits per heavy atom. The molecule has 0 amide bonds. The van der Waals surface area contributed by atoms with Gasteiger partial charge in [-0.2, -0.15) is 0 Å². The number of hydrogen-bond donors (Lipinski definition) is 2. The third-order valence-corrected chi connectivity index (χ3v) is 3.55. The van der Waals surface area contributed by atoms with Crippen LogP contribution in [0.25, 0.3) is 0 Å². The van der Waals surface area contributed by atoms with Gasteiger partial charge < -0.3 is 4.74 Å². The Kier molecular flexibility index (Phi) is 4.68. The first-order chi connectivity index (χ1) is 8.18. The molecule has 9 heteroatoms. The first-order valence-electron chi connectivity index (χ1n) is 4.89. The third-order valence-electron chi connectivity index (χ3n) is 1.89. The maximum absolute atomic E-state index is 11.0. The van der Waals surface area contributed by atoms with E-state index in [-0.39, 0.29) is 18.0 Å². The van der Waals surface area contributed by atoms with Crippen LogP contribution in [-0.2, 0) is 20.0 Å². The van der Waals surface area contributed by atoms with E-state index in [9.17, 15) is 16.8 Å². The van der Waals surface area contributed by atoms with Gasteiger partial charge in [0.25, 0.3) is 0 Å². The molecule has 1 rings (SSSR count). The highest BCUT2D eigenvalue weighted by molar-refractivity contribution is 7.89. The summed E-state index contributed by atoms with van der Waals surface area (Å²) in [6.07, 6.45) is 1.05. The molecule has 0 saturated carbocycles. The normalized spacial score (nSPS) is 12.3. The van der Waals surface area contributed by atoms with Gasteiger partial charge in [-0.15, -0.1) is 0 Å². The molecule has 0 bridgehead atoms. The van der Waals surface area contributed by atoms with Gasteiger partial charge in [0.1, 0.15) is 12.4 Å². The molecule has 0 saturated heterocycles. The number of ether oxygens (including phenoxy) is 1. The second kappa shape index (κ2) is 5.65. The molecule has 0 unspecified atom stereocenters. The van der Waals surface area contributed by atoms with E-state index in [0.29, 0.717) is 5.75 Å². The minimum absolute atomic E-state index is 0.0101. The largest absolute Gasteiger partial charge is 0.492 e. The highest BCUT2D eigenvalue weighted by Crippen LogP contribution is 2.14. The van der Waals surface area contributed by atoms with E-state index >= 15 is 0 Å². The van der Waals surface area contributed by atoms with E-state index < -0.39 is 20.0 Å². The predicted octanol–water partition coefficient (Wildman–Crippen LogP) is -0.738. The second-order valence-electron chi connectivity index (χ2n) is 3.53. The highest BCUT2D eigenvalue weighted by Gasteiger charge is 2.07. The lowest BCUT2D eigenvalue weighted by Gasteiger charge is -2.07. The Labute approximate surface area is 106 Å². The van der Waals surface area contributed by atoms with Gasteiger partial charge in [-0.05, 0) is 24.3 Å². The van der Waals surface area contributed by atoms with Crippen LogP contribution in [0.15, 0.2) is 29.2 Å². The molecule has 0 radical (unpaired) electrons. The van der Waals surface area contributed by atoms with E-state index in [0.717, 1.165) is 6.26 Å². The zero-order chi connectivity index (χ0) is 13.8. The van der Waals surface area contributed by atoms with Gasteiger partial charge in [-0.25, -0.2) is 26.7 Å². The molecule has 0 atom stereocenters. The van der Waals surface area contributed by atoms with Crippen molar-refractivity contribution in [2.24, 2.45) is 5.14 Å². The molecule has 1 aromatic rings. The summed E-state index contributed by atoms with van der Waals surface area (Å²) >= 11 is 0. The number of nitrogens with one attached hydrogen (secondary N) is 1. The third kappa shape index (κ3) is 5.45. The summed E-state index contributed by atoms with van der Waals surface area (Å²) in [7, 11) is -6.94. The van der Waals surface area contributed by atoms with Crippen molar-refractivity contribution in [1.82, 2.24) is 4.72 Å². The average molecular weight is 294 g/mol. The molecule has 3 N–H and O–H groups in total. The van der Waals surface area contributed by atoms with Crippen LogP contribution in [0.5, 0.6) is 5.75 Å². The van der Waals surface area contributed by atoms with Gasteiger partial charge in [0.05, 0.1) is 11.2 Å². The monoisotopic (exact) mass is 294 g/mol. The van der Waals surface area contributed by atoms with Crippen molar-refractivity contribution >= 4 is 20.0 Å². The van der Waals surface area contributed by atoms with Crippen LogP contribution in [0, 0.1) is 0 Å². The summed E-state index contributed by atoms with van der Waals surface area (Å²) in [5, 5.41) is 4.93. The van der Waals surface area contributed by atoms with Gasteiger partial charge in [-0.1, -0.05) is 0 Å². The summed E-state index contributed by atoms with van der Waals surface area (Å²) in [5.41, 5.74) is 0. The zero-order valence-corrected chi connectivity index (χ0v) is 11.3. The fourth-order valence-electron chi connectivity index (χ4n) is 1.12. The summed E-state index contributed by atoms with van der Waals surface area (Å²) in [5.74, 6) is 0.428. The summed E-state index contributed by atoms with van der Waals surface area (Å²) in [6, 6.07) is 5.52. The lowest BCUT2D eigenvalue weighted by atomic mass is 10.3. The van der Waals surface area contributed by atoms with Gasteiger partial charge in [0.15, 0.2) is 0 Å². The van der Waals surface area contributed by atoms with Crippen molar-refractivity contribution in [3.05, 3.63) is 24.3 Å². The van der Waals surface area contributed by atoms with Gasteiger partial charge >= 0.3 is 0 Å². The van der Waals surface area contributed by atoms with Crippen molar-refractivity contribution in [3.63, 3.8) is 0 Å². The van der Waals surface area contributed by atoms with Crippen molar-refractivity contribution < 1.29 is 21.6 Å². The topological polar surface area (TPSA) is 116 Å². The number of nitrogens with two attached hydrogens (primary N) is 1. The van der Waals surface area contributed by atoms with Crippen LogP contribution >= 0.6 is 0 Å². The van der Waals surface area contributed by atoms with Gasteiger partial charge in [0.2, 0.25) is 20.0 Å². The standard InChI is InChI=1S/C9H14N2O5S2/c1-17(12,13)11-6-7-16-8-2-4-9(5-3-8)18(10,14)15/h2-5,11H,6-7H2,1H3,(H2,10,14,15). The van der Waals surface area contributed by atoms with Crippen molar-refractivity contribution in [3.8, 4) is 5.75 Å². The molecule has 0 heterocycles. The summed E-state index contributed by atoms with van der Waals surface area (Å²) in [4.78, 5) is -0.0101. The fourth-order valence-corrected chi connectivity index (χ4v) is 2.09. The Bertz CT molecular complexity index is 592. The average Bonchev–Trinajstić information content (AvgIpc) is 2.22. The molecular weight excluding hydrogens is 280 g/mol. The number of rotatable bonds is 6. The van der Waals surface area contributed by atoms with Crippen LogP contribution in [0.3, 0.4) is 0 Å². The highest BCUT2D eigenvalue weighted by atomic mass is 32.2. The van der Waals surface area contributed by atoms with Crippen molar-refractivity contribution in [2.75, 3.05) is 19.4 Å². The molecule has 18 heavy (non-hydrogen) atoms. The number of hydrogen-bond acceptors (Lipinski definition) is 5. The van der Waals surface area contributed by atoms with Crippen LogP contribution in [0.2, 0.25) is 0 Å². The van der Waals surface area contributed by atoms with Gasteiger partial charge in [0, 0.05) is 6.54 Å². The second-order valence-corrected chi connectivity index (χ2v) is 6.93. The van der Waals surface area contributed by atoms with E-state index in [1.807, 2.05) is 0 Å². The van der Waals surface area contributed by atoms with Crippen LogP contribution in [0.4, 0.5) is 0 Å². The SMILES string of the molecule is CS(=O)(=O)NCCOc1ccc(S(N)(=O)=O)cc1. The van der Waals surface area contributed by atoms with E-state index in [1.165, 1.54) is 24.3 Å². The predicted molar refractivity (Wildman–Crippen MR) is 66.2 cm³/mol. The van der Waals surface area contributed by atoms with Crippen LogP contribution < -0.4 is 14.6 Å². The van der Waals surface area contributed by atoms with E-state index in [4.69, 9.17) is 9.88 Å². The smallest absolute Gasteiger partial charge is 0.238 e. The maximum atomic E-state index is 11.0. The Morgan fingerprint density at radius 2 is 1.72 bits per heavy atom. The Balaban J connectivity index is 2.50. The molecule has 7 nitrogen and oxygen atoms in total. The molecule has 0 fully saturated rings. The number of benzene rings is 1. The Hall–Kier alpha value is -1.16. The number of primary sulfonamides is 1. The van der Waals surface area contributed by atoms with Crippen LogP contribution in [-0.4, -0.2) is 36.2 Å². The Morgan fingerprint density at radius 3 is 2.17 bits per heavy atom. The molecule has 0 aromatic heterocycles. The quantitative estimate of drug-likeness (QED) is 0.671. The maximum Gasteiger partial charge on any atom is 0.238 e. The minimum atomic E-state index is -3.71. The molecule has 0 aliphatic carbocycles. The van der Waals surface area contributed by atoms with Crippen molar-refractivity contribution in [2.45, 2.75) is 4.90 Å². The summed E-state index contributed by atoms with van der Waals surface area (Å²) < 4.78 is 50.9. The zero-order valence-electron chi connectivity index (χ0n) is 9.66. The molecule has 0 spiro atoms. The minimum Gasteiger partial charge on any atom is -0.492 e. The summed E-state index contributed by atoms with van der Waals surface area (Å²) in [6.45, 7) is 0.275. The lowest BCUT2D eigenvalue weighted by Crippen LogP contribution is -2.26. The molecule has 102 valence electrons. The first kappa shape index (κ1) is 14.9. The van der Waals surface area contributed by atoms with E-state index in [1.54, 1.807) is 0 Å². The van der Waals surface area contributed by atoms with Crippen LogP contribution in [0.1, 0.15) is 0 Å². The first-order valence-corrected chi connectivity index (χ1v) is 8.32. The fraction of sp³-hybridized carbons (Fsp3) is 0.333. The van der Waals surface area contributed by atoms with Gasteiger partial charge in [-0.3, -0.25) is 0 Å². The lowest BCUT2D eigenvalue weighted by molar-refractivity contribution is 0.322. The molecular formula is C9H14N2O5S2. The molecule has 1 aromatic carbocycles. The molecule has 0 aliphatic rings. The van der Waals surface area contributed by atoms with Crippen molar-refractivity contribution in [1.29, 1.82) is 0 Å².